The van der Waals surface area contributed by atoms with Gasteiger partial charge in [-0.3, -0.25) is 9.59 Å². The number of carboxylic acid groups (broad SMARTS) is 1. The average Bonchev–Trinajstić information content (AvgIpc) is 2.00. The summed E-state index contributed by atoms with van der Waals surface area (Å²) in [6.45, 7) is 5.02. The molecule has 88 valence electrons. The van der Waals surface area contributed by atoms with Gasteiger partial charge in [-0.1, -0.05) is 20.8 Å². The van der Waals surface area contributed by atoms with Gasteiger partial charge >= 0.3 is 12.4 Å². The summed E-state index contributed by atoms with van der Waals surface area (Å²) in [5.74, 6) is -2.57. The van der Waals surface area contributed by atoms with Crippen LogP contribution in [0.25, 0.3) is 0 Å². The minimum atomic E-state index is -3.12. The molecule has 0 bridgehead atoms. The fourth-order valence-corrected chi connectivity index (χ4v) is 0.983. The lowest BCUT2D eigenvalue weighted by atomic mass is 9.85. The molecule has 0 aliphatic carbocycles. The minimum absolute atomic E-state index is 0.373. The van der Waals surface area contributed by atoms with Crippen LogP contribution in [0, 0.1) is 5.41 Å². The van der Waals surface area contributed by atoms with Gasteiger partial charge < -0.3 is 10.4 Å². The van der Waals surface area contributed by atoms with Crippen molar-refractivity contribution in [2.75, 3.05) is 0 Å². The van der Waals surface area contributed by atoms with E-state index in [0.717, 1.165) is 0 Å². The van der Waals surface area contributed by atoms with E-state index >= 15 is 0 Å². The second kappa shape index (κ2) is 5.04. The van der Waals surface area contributed by atoms with E-state index in [0.29, 0.717) is 0 Å². The Morgan fingerprint density at radius 2 is 1.80 bits per heavy atom. The van der Waals surface area contributed by atoms with Crippen molar-refractivity contribution in [3.05, 3.63) is 0 Å². The lowest BCUT2D eigenvalue weighted by Gasteiger charge is -2.30. The number of amides is 1. The molecule has 0 heterocycles. The predicted octanol–water partition coefficient (Wildman–Crippen LogP) is 1.26. The Balaban J connectivity index is 4.52. The zero-order valence-corrected chi connectivity index (χ0v) is 8.88. The number of nitrogens with one attached hydrogen (secondary N) is 1. The van der Waals surface area contributed by atoms with Gasteiger partial charge in [0.1, 0.15) is 0 Å². The Morgan fingerprint density at radius 1 is 1.33 bits per heavy atom. The number of halogens is 2. The first-order valence-corrected chi connectivity index (χ1v) is 4.45. The van der Waals surface area contributed by atoms with E-state index in [1.54, 1.807) is 20.8 Å². The van der Waals surface area contributed by atoms with Crippen molar-refractivity contribution < 1.29 is 23.5 Å². The fraction of sp³-hybridized carbons (Fsp3) is 0.778. The van der Waals surface area contributed by atoms with Crippen LogP contribution >= 0.6 is 0 Å². The van der Waals surface area contributed by atoms with Crippen LogP contribution in [0.2, 0.25) is 0 Å². The fourth-order valence-electron chi connectivity index (χ4n) is 0.983. The largest absolute Gasteiger partial charge is 0.481 e. The molecule has 6 heteroatoms. The number of carbonyl (C=O) groups is 2. The zero-order chi connectivity index (χ0) is 12.2. The maximum Gasteiger partial charge on any atom is 0.315 e. The maximum atomic E-state index is 12.0. The Hall–Kier alpha value is -1.20. The number of carboxylic acids is 1. The predicted molar refractivity (Wildman–Crippen MR) is 49.6 cm³/mol. The number of hydrogen-bond donors (Lipinski definition) is 2. The summed E-state index contributed by atoms with van der Waals surface area (Å²) in [5.41, 5.74) is -0.580. The van der Waals surface area contributed by atoms with Crippen LogP contribution in [0.3, 0.4) is 0 Å². The van der Waals surface area contributed by atoms with Gasteiger partial charge in [-0.2, -0.15) is 8.78 Å². The molecule has 1 atom stereocenters. The van der Waals surface area contributed by atoms with E-state index in [1.807, 2.05) is 5.32 Å². The molecule has 4 nitrogen and oxygen atoms in total. The molecule has 0 saturated heterocycles. The first-order chi connectivity index (χ1) is 6.64. The number of alkyl halides is 2. The molecule has 0 aliphatic heterocycles. The van der Waals surface area contributed by atoms with Gasteiger partial charge in [0.2, 0.25) is 0 Å². The van der Waals surface area contributed by atoms with Crippen molar-refractivity contribution in [2.24, 2.45) is 5.41 Å². The molecule has 2 N–H and O–H groups in total. The summed E-state index contributed by atoms with van der Waals surface area (Å²) < 4.78 is 23.9. The monoisotopic (exact) mass is 223 g/mol. The van der Waals surface area contributed by atoms with E-state index in [-0.39, 0.29) is 6.42 Å². The van der Waals surface area contributed by atoms with Crippen LogP contribution in [0.4, 0.5) is 8.78 Å². The molecule has 0 fully saturated rings. The number of carbonyl (C=O) groups excluding carboxylic acids is 1. The molecular weight excluding hydrogens is 208 g/mol. The Bertz CT molecular complexity index is 248. The van der Waals surface area contributed by atoms with Crippen molar-refractivity contribution in [3.8, 4) is 0 Å². The zero-order valence-electron chi connectivity index (χ0n) is 8.88. The Labute approximate surface area is 86.7 Å². The molecule has 0 saturated carbocycles. The van der Waals surface area contributed by atoms with E-state index < -0.39 is 29.8 Å². The van der Waals surface area contributed by atoms with Gasteiger partial charge in [0, 0.05) is 6.04 Å². The second-order valence-corrected chi connectivity index (χ2v) is 4.33. The van der Waals surface area contributed by atoms with Gasteiger partial charge in [0.25, 0.3) is 5.91 Å². The summed E-state index contributed by atoms with van der Waals surface area (Å²) in [4.78, 5) is 21.2. The minimum Gasteiger partial charge on any atom is -0.481 e. The first-order valence-electron chi connectivity index (χ1n) is 4.45. The van der Waals surface area contributed by atoms with Crippen molar-refractivity contribution >= 4 is 11.9 Å². The van der Waals surface area contributed by atoms with Gasteiger partial charge in [-0.15, -0.1) is 0 Å². The third kappa shape index (κ3) is 5.29. The molecule has 0 rings (SSSR count). The lowest BCUT2D eigenvalue weighted by Crippen LogP contribution is -2.47. The van der Waals surface area contributed by atoms with Crippen LogP contribution < -0.4 is 5.32 Å². The molecular formula is C9H15F2NO3. The highest BCUT2D eigenvalue weighted by Crippen LogP contribution is 2.22. The number of hydrogen-bond acceptors (Lipinski definition) is 2. The first kappa shape index (κ1) is 13.8. The van der Waals surface area contributed by atoms with Crippen LogP contribution in [0.1, 0.15) is 27.2 Å². The van der Waals surface area contributed by atoms with E-state index in [9.17, 15) is 18.4 Å². The van der Waals surface area contributed by atoms with Crippen molar-refractivity contribution in [1.29, 1.82) is 0 Å². The van der Waals surface area contributed by atoms with Gasteiger partial charge in [-0.25, -0.2) is 0 Å². The van der Waals surface area contributed by atoms with Crippen molar-refractivity contribution in [1.82, 2.24) is 5.32 Å². The van der Waals surface area contributed by atoms with E-state index in [2.05, 4.69) is 0 Å². The molecule has 0 aromatic rings. The highest BCUT2D eigenvalue weighted by atomic mass is 19.3. The second-order valence-electron chi connectivity index (χ2n) is 4.33. The van der Waals surface area contributed by atoms with Crippen LogP contribution in [-0.4, -0.2) is 29.5 Å². The number of aliphatic carboxylic acids is 1. The molecule has 1 unspecified atom stereocenters. The molecule has 0 spiro atoms. The SMILES string of the molecule is CC(C)(C)C(CC(=O)O)NC(=O)C(F)F. The van der Waals surface area contributed by atoms with Gasteiger partial charge in [0.15, 0.2) is 0 Å². The standard InChI is InChI=1S/C9H15F2NO3/c1-9(2,3)5(4-6(13)14)12-8(15)7(10)11/h5,7H,4H2,1-3H3,(H,12,15)(H,13,14). The Kier molecular flexibility index (Phi) is 4.64. The molecule has 0 radical (unpaired) electrons. The smallest absolute Gasteiger partial charge is 0.315 e. The Morgan fingerprint density at radius 3 is 2.07 bits per heavy atom. The normalized spacial score (nSPS) is 13.7. The molecule has 15 heavy (non-hydrogen) atoms. The van der Waals surface area contributed by atoms with E-state index in [1.165, 1.54) is 0 Å². The third-order valence-corrected chi connectivity index (χ3v) is 1.94. The highest BCUT2D eigenvalue weighted by Gasteiger charge is 2.30. The summed E-state index contributed by atoms with van der Waals surface area (Å²) in [7, 11) is 0. The molecule has 0 aromatic carbocycles. The summed E-state index contributed by atoms with van der Waals surface area (Å²) in [6, 6.07) is -0.809. The highest BCUT2D eigenvalue weighted by molar-refractivity contribution is 5.80. The van der Waals surface area contributed by atoms with Crippen molar-refractivity contribution in [3.63, 3.8) is 0 Å². The molecule has 0 aliphatic rings. The van der Waals surface area contributed by atoms with Crippen molar-refractivity contribution in [2.45, 2.75) is 39.7 Å². The maximum absolute atomic E-state index is 12.0. The third-order valence-electron chi connectivity index (χ3n) is 1.94. The lowest BCUT2D eigenvalue weighted by molar-refractivity contribution is -0.139. The molecule has 1 amide bonds. The van der Waals surface area contributed by atoms with Crippen LogP contribution in [0.5, 0.6) is 0 Å². The topological polar surface area (TPSA) is 66.4 Å². The summed E-state index contributed by atoms with van der Waals surface area (Å²) in [6.07, 6.45) is -3.49. The van der Waals surface area contributed by atoms with E-state index in [4.69, 9.17) is 5.11 Å². The average molecular weight is 223 g/mol. The summed E-state index contributed by atoms with van der Waals surface area (Å²) in [5, 5.41) is 10.6. The van der Waals surface area contributed by atoms with Crippen LogP contribution in [0.15, 0.2) is 0 Å². The molecule has 0 aromatic heterocycles. The summed E-state index contributed by atoms with van der Waals surface area (Å²) >= 11 is 0. The van der Waals surface area contributed by atoms with Gasteiger partial charge in [-0.05, 0) is 5.41 Å². The van der Waals surface area contributed by atoms with Gasteiger partial charge in [0.05, 0.1) is 6.42 Å². The quantitative estimate of drug-likeness (QED) is 0.754. The number of rotatable bonds is 4. The van der Waals surface area contributed by atoms with Crippen LogP contribution in [-0.2, 0) is 9.59 Å².